The van der Waals surface area contributed by atoms with Gasteiger partial charge in [-0.05, 0) is 16.2 Å². The van der Waals surface area contributed by atoms with E-state index in [0.717, 1.165) is 21.6 Å². The molecule has 2 heterocycles. The Hall–Kier alpha value is -3.30. The predicted octanol–water partition coefficient (Wildman–Crippen LogP) is 6.82. The van der Waals surface area contributed by atoms with Gasteiger partial charge in [0.2, 0.25) is 0 Å². The summed E-state index contributed by atoms with van der Waals surface area (Å²) < 4.78 is 1.29. The molecular formula is C24H14N2S. The first-order valence-corrected chi connectivity index (χ1v) is 9.76. The van der Waals surface area contributed by atoms with Crippen molar-refractivity contribution in [1.82, 2.24) is 9.97 Å². The maximum Gasteiger partial charge on any atom is 0.160 e. The van der Waals surface area contributed by atoms with Crippen molar-refractivity contribution in [1.29, 1.82) is 0 Å². The van der Waals surface area contributed by atoms with E-state index in [-0.39, 0.29) is 0 Å². The molecule has 0 amide bonds. The smallest absolute Gasteiger partial charge is 0.160 e. The molecule has 0 bridgehead atoms. The van der Waals surface area contributed by atoms with Crippen LogP contribution in [0.2, 0.25) is 0 Å². The van der Waals surface area contributed by atoms with Gasteiger partial charge in [-0.15, -0.1) is 11.3 Å². The predicted molar refractivity (Wildman–Crippen MR) is 115 cm³/mol. The molecule has 0 saturated carbocycles. The van der Waals surface area contributed by atoms with E-state index in [1.165, 1.54) is 31.6 Å². The van der Waals surface area contributed by atoms with Crippen LogP contribution in [-0.2, 0) is 0 Å². The number of fused-ring (bicyclic) bond motifs is 8. The maximum absolute atomic E-state index is 4.90. The summed E-state index contributed by atoms with van der Waals surface area (Å²) in [5, 5.41) is 7.54. The number of hydrogen-bond acceptors (Lipinski definition) is 3. The summed E-state index contributed by atoms with van der Waals surface area (Å²) >= 11 is 1.76. The van der Waals surface area contributed by atoms with Crippen LogP contribution in [-0.4, -0.2) is 9.97 Å². The maximum atomic E-state index is 4.90. The molecular weight excluding hydrogens is 348 g/mol. The number of hydrogen-bond donors (Lipinski definition) is 0. The van der Waals surface area contributed by atoms with Gasteiger partial charge in [-0.1, -0.05) is 78.9 Å². The molecule has 0 aliphatic rings. The quantitative estimate of drug-likeness (QED) is 0.300. The van der Waals surface area contributed by atoms with Crippen LogP contribution in [0.1, 0.15) is 0 Å². The Bertz CT molecular complexity index is 1470. The van der Waals surface area contributed by atoms with Crippen LogP contribution in [0.5, 0.6) is 0 Å². The van der Waals surface area contributed by atoms with Gasteiger partial charge >= 0.3 is 0 Å². The van der Waals surface area contributed by atoms with Crippen LogP contribution in [0.3, 0.4) is 0 Å². The van der Waals surface area contributed by atoms with E-state index in [1.807, 2.05) is 24.4 Å². The first-order chi connectivity index (χ1) is 13.4. The van der Waals surface area contributed by atoms with E-state index in [1.54, 1.807) is 11.3 Å². The van der Waals surface area contributed by atoms with Crippen LogP contribution in [0.25, 0.3) is 53.2 Å². The second-order valence-corrected chi connectivity index (χ2v) is 7.67. The molecule has 2 aromatic heterocycles. The van der Waals surface area contributed by atoms with Crippen molar-refractivity contribution in [3.63, 3.8) is 0 Å². The van der Waals surface area contributed by atoms with Crippen molar-refractivity contribution < 1.29 is 0 Å². The van der Waals surface area contributed by atoms with Crippen molar-refractivity contribution >= 4 is 53.2 Å². The van der Waals surface area contributed by atoms with Gasteiger partial charge in [-0.25, -0.2) is 9.97 Å². The van der Waals surface area contributed by atoms with E-state index < -0.39 is 0 Å². The van der Waals surface area contributed by atoms with Crippen molar-refractivity contribution in [2.24, 2.45) is 0 Å². The van der Waals surface area contributed by atoms with Gasteiger partial charge in [-0.3, -0.25) is 0 Å². The van der Waals surface area contributed by atoms with E-state index in [9.17, 15) is 0 Å². The Morgan fingerprint density at radius 3 is 2.00 bits per heavy atom. The van der Waals surface area contributed by atoms with Crippen molar-refractivity contribution in [2.75, 3.05) is 0 Å². The van der Waals surface area contributed by atoms with E-state index in [4.69, 9.17) is 4.98 Å². The Kier molecular flexibility index (Phi) is 3.07. The average molecular weight is 362 g/mol. The minimum absolute atomic E-state index is 0.781. The second kappa shape index (κ2) is 5.60. The molecule has 0 spiro atoms. The largest absolute Gasteiger partial charge is 0.236 e. The van der Waals surface area contributed by atoms with Gasteiger partial charge in [0.15, 0.2) is 5.82 Å². The zero-order valence-electron chi connectivity index (χ0n) is 14.4. The van der Waals surface area contributed by atoms with Crippen LogP contribution in [0.4, 0.5) is 0 Å². The van der Waals surface area contributed by atoms with Gasteiger partial charge in [0.05, 0.1) is 0 Å². The van der Waals surface area contributed by atoms with Crippen molar-refractivity contribution in [3.8, 4) is 11.4 Å². The molecule has 3 heteroatoms. The zero-order chi connectivity index (χ0) is 17.8. The molecule has 0 radical (unpaired) electrons. The molecule has 0 unspecified atom stereocenters. The minimum Gasteiger partial charge on any atom is -0.236 e. The van der Waals surface area contributed by atoms with Gasteiger partial charge in [0.1, 0.15) is 4.83 Å². The van der Waals surface area contributed by atoms with Crippen LogP contribution in [0.15, 0.2) is 85.1 Å². The summed E-state index contributed by atoms with van der Waals surface area (Å²) in [6, 6.07) is 27.5. The lowest BCUT2D eigenvalue weighted by molar-refractivity contribution is 1.24. The number of aromatic nitrogens is 2. The van der Waals surface area contributed by atoms with E-state index >= 15 is 0 Å². The highest BCUT2D eigenvalue weighted by Crippen LogP contribution is 2.43. The fourth-order valence-electron chi connectivity index (χ4n) is 3.92. The molecule has 27 heavy (non-hydrogen) atoms. The monoisotopic (exact) mass is 362 g/mol. The highest BCUT2D eigenvalue weighted by Gasteiger charge is 2.15. The molecule has 4 aromatic carbocycles. The third-order valence-corrected chi connectivity index (χ3v) is 6.27. The zero-order valence-corrected chi connectivity index (χ0v) is 15.2. The topological polar surface area (TPSA) is 25.8 Å². The number of benzene rings is 4. The molecule has 0 saturated heterocycles. The Morgan fingerprint density at radius 1 is 0.593 bits per heavy atom. The van der Waals surface area contributed by atoms with Gasteiger partial charge in [0, 0.05) is 32.6 Å². The van der Waals surface area contributed by atoms with Crippen molar-refractivity contribution in [2.45, 2.75) is 0 Å². The Balaban J connectivity index is 1.79. The Labute approximate surface area is 159 Å². The summed E-state index contributed by atoms with van der Waals surface area (Å²) in [4.78, 5) is 10.6. The summed E-state index contributed by atoms with van der Waals surface area (Å²) in [6.45, 7) is 0. The van der Waals surface area contributed by atoms with Crippen LogP contribution >= 0.6 is 11.3 Å². The lowest BCUT2D eigenvalue weighted by Gasteiger charge is -2.06. The molecule has 0 atom stereocenters. The molecule has 2 nitrogen and oxygen atoms in total. The molecule has 126 valence electrons. The molecule has 0 fully saturated rings. The third kappa shape index (κ3) is 2.12. The SMILES string of the molecule is c1ccc(-c2ncc3c(n2)sc2c4ccccc4c4ccccc4c32)cc1. The standard InChI is InChI=1S/C24H14N2S/c1-2-8-15(9-3-1)23-25-14-20-21-18-12-6-4-10-16(18)17-11-5-7-13-19(17)22(21)27-24(20)26-23/h1-14H. The van der Waals surface area contributed by atoms with Crippen LogP contribution in [0, 0.1) is 0 Å². The van der Waals surface area contributed by atoms with Gasteiger partial charge in [0.25, 0.3) is 0 Å². The minimum atomic E-state index is 0.781. The Morgan fingerprint density at radius 2 is 1.22 bits per heavy atom. The number of rotatable bonds is 1. The second-order valence-electron chi connectivity index (χ2n) is 6.68. The van der Waals surface area contributed by atoms with E-state index in [0.29, 0.717) is 0 Å². The first-order valence-electron chi connectivity index (χ1n) is 8.94. The van der Waals surface area contributed by atoms with Crippen molar-refractivity contribution in [3.05, 3.63) is 85.1 Å². The van der Waals surface area contributed by atoms with Crippen LogP contribution < -0.4 is 0 Å². The summed E-state index contributed by atoms with van der Waals surface area (Å²) in [6.07, 6.45) is 1.99. The van der Waals surface area contributed by atoms with Gasteiger partial charge in [-0.2, -0.15) is 0 Å². The lowest BCUT2D eigenvalue weighted by Crippen LogP contribution is -1.87. The molecule has 0 N–H and O–H groups in total. The molecule has 0 aliphatic heterocycles. The highest BCUT2D eigenvalue weighted by molar-refractivity contribution is 7.26. The lowest BCUT2D eigenvalue weighted by atomic mass is 9.98. The highest BCUT2D eigenvalue weighted by atomic mass is 32.1. The third-order valence-electron chi connectivity index (χ3n) is 5.14. The average Bonchev–Trinajstić information content (AvgIpc) is 3.14. The molecule has 0 aliphatic carbocycles. The van der Waals surface area contributed by atoms with Gasteiger partial charge < -0.3 is 0 Å². The van der Waals surface area contributed by atoms with E-state index in [2.05, 4.69) is 65.6 Å². The first kappa shape index (κ1) is 14.8. The fourth-order valence-corrected chi connectivity index (χ4v) is 5.12. The fraction of sp³-hybridized carbons (Fsp3) is 0. The summed E-state index contributed by atoms with van der Waals surface area (Å²) in [7, 11) is 0. The summed E-state index contributed by atoms with van der Waals surface area (Å²) in [5.41, 5.74) is 1.05. The number of thiophene rings is 1. The normalized spacial score (nSPS) is 11.7. The molecule has 6 aromatic rings. The molecule has 6 rings (SSSR count). The number of nitrogens with zero attached hydrogens (tertiary/aromatic N) is 2. The summed E-state index contributed by atoms with van der Waals surface area (Å²) in [5.74, 6) is 0.781.